The van der Waals surface area contributed by atoms with Crippen molar-refractivity contribution in [1.29, 1.82) is 0 Å². The molecule has 5 heteroatoms. The van der Waals surface area contributed by atoms with Gasteiger partial charge in [-0.3, -0.25) is 4.79 Å². The second-order valence-corrected chi connectivity index (χ2v) is 5.15. The number of nitrogens with zero attached hydrogens (tertiary/aromatic N) is 1. The topological polar surface area (TPSA) is 54.0 Å². The van der Waals surface area contributed by atoms with Crippen molar-refractivity contribution in [3.05, 3.63) is 35.8 Å². The molecular weight excluding hydrogens is 246 g/mol. The summed E-state index contributed by atoms with van der Waals surface area (Å²) in [6.07, 6.45) is 1.79. The average Bonchev–Trinajstić information content (AvgIpc) is 2.81. The van der Waals surface area contributed by atoms with Crippen LogP contribution >= 0.6 is 11.3 Å². The lowest BCUT2D eigenvalue weighted by Crippen LogP contribution is -2.48. The maximum Gasteiger partial charge on any atom is 0.230 e. The van der Waals surface area contributed by atoms with E-state index >= 15 is 0 Å². The fourth-order valence-corrected chi connectivity index (χ4v) is 2.43. The number of benzene rings is 1. The van der Waals surface area contributed by atoms with Crippen LogP contribution in [0.3, 0.4) is 0 Å². The van der Waals surface area contributed by atoms with Crippen LogP contribution in [0, 0.1) is 5.92 Å². The first-order chi connectivity index (χ1) is 8.83. The van der Waals surface area contributed by atoms with Gasteiger partial charge in [0.15, 0.2) is 0 Å². The average molecular weight is 259 g/mol. The molecule has 1 fully saturated rings. The standard InChI is InChI=1S/C13H13N3OS/c17-12(10-7-14-8-10)16-11-3-1-9(2-4-11)13-15-5-6-18-13/h1-6,10,14H,7-8H2,(H,16,17). The van der Waals surface area contributed by atoms with E-state index in [0.717, 1.165) is 29.3 Å². The van der Waals surface area contributed by atoms with Gasteiger partial charge in [0.25, 0.3) is 0 Å². The van der Waals surface area contributed by atoms with E-state index in [1.807, 2.05) is 29.6 Å². The molecule has 1 aromatic carbocycles. The van der Waals surface area contributed by atoms with Gasteiger partial charge < -0.3 is 10.6 Å². The van der Waals surface area contributed by atoms with E-state index in [9.17, 15) is 4.79 Å². The van der Waals surface area contributed by atoms with E-state index < -0.39 is 0 Å². The van der Waals surface area contributed by atoms with Gasteiger partial charge in [-0.2, -0.15) is 0 Å². The zero-order valence-electron chi connectivity index (χ0n) is 9.72. The van der Waals surface area contributed by atoms with Gasteiger partial charge in [0.1, 0.15) is 5.01 Å². The van der Waals surface area contributed by atoms with Crippen molar-refractivity contribution < 1.29 is 4.79 Å². The van der Waals surface area contributed by atoms with Crippen LogP contribution in [0.2, 0.25) is 0 Å². The number of anilines is 1. The maximum atomic E-state index is 11.7. The van der Waals surface area contributed by atoms with Crippen LogP contribution in [0.25, 0.3) is 10.6 Å². The highest BCUT2D eigenvalue weighted by molar-refractivity contribution is 7.13. The summed E-state index contributed by atoms with van der Waals surface area (Å²) >= 11 is 1.61. The summed E-state index contributed by atoms with van der Waals surface area (Å²) in [6, 6.07) is 7.79. The number of carbonyl (C=O) groups is 1. The van der Waals surface area contributed by atoms with Gasteiger partial charge in [0.05, 0.1) is 5.92 Å². The minimum absolute atomic E-state index is 0.0933. The molecule has 92 valence electrons. The van der Waals surface area contributed by atoms with Crippen LogP contribution in [-0.4, -0.2) is 24.0 Å². The van der Waals surface area contributed by atoms with Gasteiger partial charge in [0.2, 0.25) is 5.91 Å². The summed E-state index contributed by atoms with van der Waals surface area (Å²) in [4.78, 5) is 16.0. The minimum atomic E-state index is 0.0933. The summed E-state index contributed by atoms with van der Waals surface area (Å²) in [5.41, 5.74) is 1.92. The molecule has 1 aliphatic rings. The first kappa shape index (κ1) is 11.4. The number of amides is 1. The normalized spacial score (nSPS) is 15.1. The Labute approximate surface area is 109 Å². The zero-order valence-corrected chi connectivity index (χ0v) is 10.5. The van der Waals surface area contributed by atoms with Crippen molar-refractivity contribution in [2.24, 2.45) is 5.92 Å². The van der Waals surface area contributed by atoms with Crippen LogP contribution in [0.4, 0.5) is 5.69 Å². The summed E-state index contributed by atoms with van der Waals surface area (Å²) in [6.45, 7) is 1.56. The first-order valence-electron chi connectivity index (χ1n) is 5.84. The number of aromatic nitrogens is 1. The Kier molecular flexibility index (Phi) is 3.08. The van der Waals surface area contributed by atoms with Gasteiger partial charge >= 0.3 is 0 Å². The SMILES string of the molecule is O=C(Nc1ccc(-c2nccs2)cc1)C1CNC1. The monoisotopic (exact) mass is 259 g/mol. The van der Waals surface area contributed by atoms with Crippen molar-refractivity contribution in [3.63, 3.8) is 0 Å². The lowest BCUT2D eigenvalue weighted by Gasteiger charge is -2.25. The highest BCUT2D eigenvalue weighted by Gasteiger charge is 2.24. The Morgan fingerprint density at radius 2 is 2.11 bits per heavy atom. The Morgan fingerprint density at radius 3 is 2.67 bits per heavy atom. The Bertz CT molecular complexity index is 532. The summed E-state index contributed by atoms with van der Waals surface area (Å²) in [5, 5.41) is 8.96. The molecule has 0 unspecified atom stereocenters. The molecule has 0 atom stereocenters. The fraction of sp³-hybridized carbons (Fsp3) is 0.231. The lowest BCUT2D eigenvalue weighted by atomic mass is 10.0. The maximum absolute atomic E-state index is 11.7. The predicted molar refractivity (Wildman–Crippen MR) is 72.5 cm³/mol. The molecule has 2 heterocycles. The van der Waals surface area contributed by atoms with E-state index in [1.54, 1.807) is 17.5 Å². The van der Waals surface area contributed by atoms with Crippen molar-refractivity contribution in [3.8, 4) is 10.6 Å². The molecule has 1 saturated heterocycles. The molecule has 1 amide bonds. The number of nitrogens with one attached hydrogen (secondary N) is 2. The van der Waals surface area contributed by atoms with E-state index in [2.05, 4.69) is 15.6 Å². The van der Waals surface area contributed by atoms with Crippen molar-refractivity contribution in [2.45, 2.75) is 0 Å². The molecule has 18 heavy (non-hydrogen) atoms. The molecule has 3 rings (SSSR count). The first-order valence-corrected chi connectivity index (χ1v) is 6.72. The van der Waals surface area contributed by atoms with Gasteiger partial charge in [-0.05, 0) is 24.3 Å². The van der Waals surface area contributed by atoms with Crippen LogP contribution in [0.15, 0.2) is 35.8 Å². The summed E-state index contributed by atoms with van der Waals surface area (Å²) < 4.78 is 0. The third-order valence-corrected chi connectivity index (χ3v) is 3.81. The summed E-state index contributed by atoms with van der Waals surface area (Å²) in [7, 11) is 0. The smallest absolute Gasteiger partial charge is 0.230 e. The molecule has 0 saturated carbocycles. The largest absolute Gasteiger partial charge is 0.326 e. The van der Waals surface area contributed by atoms with Gasteiger partial charge in [-0.15, -0.1) is 11.3 Å². The second kappa shape index (κ2) is 4.88. The van der Waals surface area contributed by atoms with Gasteiger partial charge in [0, 0.05) is 35.9 Å². The minimum Gasteiger partial charge on any atom is -0.326 e. The van der Waals surface area contributed by atoms with Gasteiger partial charge in [-0.1, -0.05) is 0 Å². The molecule has 0 radical (unpaired) electrons. The Hall–Kier alpha value is -1.72. The van der Waals surface area contributed by atoms with E-state index in [1.165, 1.54) is 0 Å². The molecule has 2 aromatic rings. The molecule has 1 aromatic heterocycles. The highest BCUT2D eigenvalue weighted by Crippen LogP contribution is 2.23. The number of carbonyl (C=O) groups excluding carboxylic acids is 1. The molecule has 1 aliphatic heterocycles. The number of hydrogen-bond acceptors (Lipinski definition) is 4. The Morgan fingerprint density at radius 1 is 1.33 bits per heavy atom. The molecule has 0 aliphatic carbocycles. The fourth-order valence-electron chi connectivity index (χ4n) is 1.78. The van der Waals surface area contributed by atoms with Crippen LogP contribution < -0.4 is 10.6 Å². The third-order valence-electron chi connectivity index (χ3n) is 2.98. The summed E-state index contributed by atoms with van der Waals surface area (Å²) in [5.74, 6) is 0.208. The number of thiazole rings is 1. The predicted octanol–water partition coefficient (Wildman–Crippen LogP) is 1.97. The van der Waals surface area contributed by atoms with Crippen LogP contribution in [0.5, 0.6) is 0 Å². The lowest BCUT2D eigenvalue weighted by molar-refractivity contribution is -0.121. The second-order valence-electron chi connectivity index (χ2n) is 4.26. The highest BCUT2D eigenvalue weighted by atomic mass is 32.1. The van der Waals surface area contributed by atoms with E-state index in [0.29, 0.717) is 0 Å². The van der Waals surface area contributed by atoms with Crippen molar-refractivity contribution >= 4 is 22.9 Å². The van der Waals surface area contributed by atoms with E-state index in [4.69, 9.17) is 0 Å². The quantitative estimate of drug-likeness (QED) is 0.886. The number of hydrogen-bond donors (Lipinski definition) is 2. The molecule has 0 bridgehead atoms. The van der Waals surface area contributed by atoms with Crippen molar-refractivity contribution in [2.75, 3.05) is 18.4 Å². The van der Waals surface area contributed by atoms with E-state index in [-0.39, 0.29) is 11.8 Å². The number of rotatable bonds is 3. The Balaban J connectivity index is 1.69. The van der Waals surface area contributed by atoms with Gasteiger partial charge in [-0.25, -0.2) is 4.98 Å². The molecular formula is C13H13N3OS. The third kappa shape index (κ3) is 2.27. The van der Waals surface area contributed by atoms with Crippen LogP contribution in [-0.2, 0) is 4.79 Å². The van der Waals surface area contributed by atoms with Crippen LogP contribution in [0.1, 0.15) is 0 Å². The van der Waals surface area contributed by atoms with Crippen molar-refractivity contribution in [1.82, 2.24) is 10.3 Å². The molecule has 0 spiro atoms. The zero-order chi connectivity index (χ0) is 12.4. The molecule has 2 N–H and O–H groups in total. The molecule has 4 nitrogen and oxygen atoms in total.